The zero-order valence-electron chi connectivity index (χ0n) is 15.7. The number of unbranched alkanes of at least 4 members (excludes halogenated alkanes) is 4. The first-order valence-electron chi connectivity index (χ1n) is 8.88. The van der Waals surface area contributed by atoms with Crippen LogP contribution in [0.5, 0.6) is 0 Å². The minimum absolute atomic E-state index is 0. The molecule has 4 heteroatoms. The first kappa shape index (κ1) is 25.8. The van der Waals surface area contributed by atoms with Crippen LogP contribution >= 0.6 is 0 Å². The Balaban J connectivity index is 0. The monoisotopic (exact) mass is 347 g/mol. The molecule has 0 amide bonds. The molecule has 0 radical (unpaired) electrons. The fourth-order valence-electron chi connectivity index (χ4n) is 2.28. The van der Waals surface area contributed by atoms with Crippen LogP contribution in [-0.2, 0) is 4.79 Å². The number of hydrogen-bond acceptors (Lipinski definition) is 3. The van der Waals surface area contributed by atoms with Gasteiger partial charge in [-0.1, -0.05) is 51.0 Å². The van der Waals surface area contributed by atoms with Gasteiger partial charge in [0.2, 0.25) is 0 Å². The third-order valence-electron chi connectivity index (χ3n) is 3.77. The van der Waals surface area contributed by atoms with Crippen LogP contribution in [0.15, 0.2) is 24.3 Å². The number of aliphatic carboxylic acids is 1. The molecule has 0 aromatic carbocycles. The van der Waals surface area contributed by atoms with E-state index in [1.54, 1.807) is 6.92 Å². The van der Waals surface area contributed by atoms with E-state index in [0.29, 0.717) is 0 Å². The van der Waals surface area contributed by atoms with Crippen molar-refractivity contribution in [3.63, 3.8) is 0 Å². The predicted octanol–water partition coefficient (Wildman–Crippen LogP) is 0.704. The van der Waals surface area contributed by atoms with Gasteiger partial charge in [0.15, 0.2) is 0 Å². The molecule has 0 rings (SSSR count). The largest absolute Gasteiger partial charge is 1.00 e. The smallest absolute Gasteiger partial charge is 0.548 e. The Morgan fingerprint density at radius 1 is 0.913 bits per heavy atom. The Bertz CT molecular complexity index is 307. The van der Waals surface area contributed by atoms with E-state index < -0.39 is 12.0 Å². The summed E-state index contributed by atoms with van der Waals surface area (Å²) >= 11 is 0. The van der Waals surface area contributed by atoms with Crippen molar-refractivity contribution >= 4 is 5.97 Å². The molecule has 0 aliphatic heterocycles. The number of hydrogen-bond donors (Lipinski definition) is 0. The second-order valence-electron chi connectivity index (χ2n) is 5.84. The molecule has 1 unspecified atom stereocenters. The molecule has 0 bridgehead atoms. The molecule has 23 heavy (non-hydrogen) atoms. The van der Waals surface area contributed by atoms with E-state index in [9.17, 15) is 9.90 Å². The third kappa shape index (κ3) is 15.8. The van der Waals surface area contributed by atoms with Crippen molar-refractivity contribution in [1.29, 1.82) is 0 Å². The second-order valence-corrected chi connectivity index (χ2v) is 5.84. The minimum Gasteiger partial charge on any atom is -0.548 e. The van der Waals surface area contributed by atoms with Crippen LogP contribution in [0.4, 0.5) is 0 Å². The molecule has 0 saturated carbocycles. The van der Waals surface area contributed by atoms with Gasteiger partial charge in [-0.2, -0.15) is 0 Å². The van der Waals surface area contributed by atoms with Gasteiger partial charge in [-0.05, 0) is 58.5 Å². The molecule has 0 aromatic heterocycles. The number of carboxylic acids is 1. The Hall–Kier alpha value is 0.546. The number of nitrogens with zero attached hydrogens (tertiary/aromatic N) is 1. The van der Waals surface area contributed by atoms with Crippen LogP contribution in [0.25, 0.3) is 0 Å². The molecule has 0 aromatic rings. The summed E-state index contributed by atoms with van der Waals surface area (Å²) in [5, 5.41) is 11.1. The maximum absolute atomic E-state index is 11.1. The van der Waals surface area contributed by atoms with Crippen molar-refractivity contribution in [2.45, 2.75) is 78.2 Å². The van der Waals surface area contributed by atoms with E-state index in [4.69, 9.17) is 0 Å². The fraction of sp³-hybridized carbons (Fsp3) is 0.737. The average Bonchev–Trinajstić information content (AvgIpc) is 2.51. The summed E-state index contributed by atoms with van der Waals surface area (Å²) in [5.41, 5.74) is 0. The maximum Gasteiger partial charge on any atom is 1.00 e. The van der Waals surface area contributed by atoms with Crippen molar-refractivity contribution in [3.05, 3.63) is 24.3 Å². The van der Waals surface area contributed by atoms with Crippen molar-refractivity contribution in [2.24, 2.45) is 0 Å². The maximum atomic E-state index is 11.1. The van der Waals surface area contributed by atoms with Crippen molar-refractivity contribution in [2.75, 3.05) is 13.1 Å². The van der Waals surface area contributed by atoms with E-state index in [2.05, 4.69) is 38.2 Å². The van der Waals surface area contributed by atoms with Crippen molar-refractivity contribution in [3.8, 4) is 0 Å². The minimum atomic E-state index is -0.969. The number of carbonyl (C=O) groups is 1. The van der Waals surface area contributed by atoms with Gasteiger partial charge in [0.25, 0.3) is 0 Å². The van der Waals surface area contributed by atoms with E-state index in [1.165, 1.54) is 12.8 Å². The summed E-state index contributed by atoms with van der Waals surface area (Å²) < 4.78 is 0. The topological polar surface area (TPSA) is 43.4 Å². The van der Waals surface area contributed by atoms with E-state index in [-0.39, 0.29) is 51.4 Å². The first-order valence-corrected chi connectivity index (χ1v) is 8.88. The second kappa shape index (κ2) is 18.9. The summed E-state index contributed by atoms with van der Waals surface area (Å²) in [7, 11) is 0. The molecule has 1 atom stereocenters. The molecular weight excluding hydrogens is 313 g/mol. The number of carbonyl (C=O) groups excluding carboxylic acids is 1. The van der Waals surface area contributed by atoms with E-state index in [1.807, 2.05) is 4.90 Å². The third-order valence-corrected chi connectivity index (χ3v) is 3.77. The van der Waals surface area contributed by atoms with Crippen LogP contribution in [-0.4, -0.2) is 30.0 Å². The molecule has 0 heterocycles. The Morgan fingerprint density at radius 2 is 1.30 bits per heavy atom. The average molecular weight is 348 g/mol. The van der Waals surface area contributed by atoms with Crippen LogP contribution in [0, 0.1) is 0 Å². The number of carboxylic acid groups (broad SMARTS) is 1. The van der Waals surface area contributed by atoms with Crippen molar-refractivity contribution in [1.82, 2.24) is 4.90 Å². The van der Waals surface area contributed by atoms with Crippen molar-refractivity contribution < 1.29 is 61.3 Å². The Morgan fingerprint density at radius 3 is 1.65 bits per heavy atom. The Labute approximate surface area is 186 Å². The summed E-state index contributed by atoms with van der Waals surface area (Å²) in [4.78, 5) is 13.1. The van der Waals surface area contributed by atoms with E-state index in [0.717, 1.165) is 51.6 Å². The molecule has 0 spiro atoms. The first-order chi connectivity index (χ1) is 10.6. The molecule has 0 aliphatic carbocycles. The summed E-state index contributed by atoms with van der Waals surface area (Å²) in [6.45, 7) is 7.72. The molecule has 0 N–H and O–H groups in total. The molecular formula is C19H34KNO2. The van der Waals surface area contributed by atoms with Gasteiger partial charge in [0.1, 0.15) is 0 Å². The molecule has 0 saturated heterocycles. The standard InChI is InChI=1S/C19H35NO2.K/c1-4-6-8-10-12-14-16-20(18(3)19(21)22)17-15-13-11-9-7-5-2;/h8-11,18H,4-7,12-17H2,1-3H3,(H,21,22);/q;+1/p-1/b10-8+,11-9+;. The van der Waals surface area contributed by atoms with Gasteiger partial charge in [-0.15, -0.1) is 0 Å². The number of rotatable bonds is 14. The normalized spacial score (nSPS) is 12.9. The van der Waals surface area contributed by atoms with Gasteiger partial charge in [-0.3, -0.25) is 4.90 Å². The van der Waals surface area contributed by atoms with Gasteiger partial charge >= 0.3 is 51.4 Å². The van der Waals surface area contributed by atoms with Gasteiger partial charge in [0, 0.05) is 6.04 Å². The molecule has 0 fully saturated rings. The van der Waals surface area contributed by atoms with Crippen LogP contribution < -0.4 is 56.5 Å². The fourth-order valence-corrected chi connectivity index (χ4v) is 2.28. The van der Waals surface area contributed by atoms with Gasteiger partial charge < -0.3 is 9.90 Å². The van der Waals surface area contributed by atoms with Gasteiger partial charge in [0.05, 0.1) is 5.97 Å². The molecule has 0 aliphatic rings. The number of allylic oxidation sites excluding steroid dienone is 4. The SMILES string of the molecule is CCC/C=C/CCCN(CCC/C=C/CCC)C(C)C(=O)[O-].[K+]. The van der Waals surface area contributed by atoms with Gasteiger partial charge in [-0.25, -0.2) is 0 Å². The van der Waals surface area contributed by atoms with E-state index >= 15 is 0 Å². The van der Waals surface area contributed by atoms with Crippen LogP contribution in [0.1, 0.15) is 72.1 Å². The Kier molecular flexibility index (Phi) is 21.2. The molecule has 3 nitrogen and oxygen atoms in total. The summed E-state index contributed by atoms with van der Waals surface area (Å²) in [5.74, 6) is -0.969. The molecule has 128 valence electrons. The van der Waals surface area contributed by atoms with Crippen LogP contribution in [0.3, 0.4) is 0 Å². The predicted molar refractivity (Wildman–Crippen MR) is 92.6 cm³/mol. The summed E-state index contributed by atoms with van der Waals surface area (Å²) in [6, 6.07) is -0.501. The zero-order chi connectivity index (χ0) is 16.6. The van der Waals surface area contributed by atoms with Crippen LogP contribution in [0.2, 0.25) is 0 Å². The zero-order valence-corrected chi connectivity index (χ0v) is 18.8. The summed E-state index contributed by atoms with van der Waals surface area (Å²) in [6.07, 6.45) is 17.5. The quantitative estimate of drug-likeness (QED) is 0.264.